The van der Waals surface area contributed by atoms with Gasteiger partial charge in [0.05, 0.1) is 0 Å². The second kappa shape index (κ2) is 5.47. The molecule has 0 aromatic heterocycles. The van der Waals surface area contributed by atoms with Crippen LogP contribution in [0, 0.1) is 34.9 Å². The van der Waals surface area contributed by atoms with Crippen molar-refractivity contribution in [3.05, 3.63) is 64.7 Å². The van der Waals surface area contributed by atoms with E-state index in [0.29, 0.717) is 0 Å². The van der Waals surface area contributed by atoms with Gasteiger partial charge in [-0.15, -0.1) is 0 Å². The Kier molecular flexibility index (Phi) is 3.88. The van der Waals surface area contributed by atoms with Gasteiger partial charge in [0.2, 0.25) is 5.82 Å². The predicted octanol–water partition coefficient (Wildman–Crippen LogP) is 3.77. The van der Waals surface area contributed by atoms with E-state index in [2.05, 4.69) is 0 Å². The third kappa shape index (κ3) is 2.69. The molecular formula is C13H5F6NO. The van der Waals surface area contributed by atoms with Gasteiger partial charge in [0, 0.05) is 5.69 Å². The molecule has 1 amide bonds. The molecule has 8 heteroatoms. The number of amides is 1. The highest BCUT2D eigenvalue weighted by Crippen LogP contribution is 2.24. The van der Waals surface area contributed by atoms with Crippen molar-refractivity contribution in [3.63, 3.8) is 0 Å². The quantitative estimate of drug-likeness (QED) is 0.511. The second-order valence-electron chi connectivity index (χ2n) is 3.91. The Morgan fingerprint density at radius 3 is 1.62 bits per heavy atom. The SMILES string of the molecule is O=C(Nc1ccc(F)cc1)c1c(F)c(F)c(F)c(F)c1F. The molecule has 0 fully saturated rings. The highest BCUT2D eigenvalue weighted by molar-refractivity contribution is 6.04. The Balaban J connectivity index is 2.42. The molecule has 0 radical (unpaired) electrons. The molecule has 0 aliphatic rings. The summed E-state index contributed by atoms with van der Waals surface area (Å²) in [7, 11) is 0. The summed E-state index contributed by atoms with van der Waals surface area (Å²) in [6.07, 6.45) is 0. The molecule has 1 N–H and O–H groups in total. The lowest BCUT2D eigenvalue weighted by Gasteiger charge is -2.09. The standard InChI is InChI=1S/C13H5F6NO/c14-5-1-3-6(4-2-5)20-13(21)7-8(15)10(17)12(19)11(18)9(7)16/h1-4H,(H,20,21). The van der Waals surface area contributed by atoms with E-state index < -0.39 is 46.4 Å². The Morgan fingerprint density at radius 1 is 0.714 bits per heavy atom. The van der Waals surface area contributed by atoms with Gasteiger partial charge in [-0.05, 0) is 24.3 Å². The fourth-order valence-electron chi connectivity index (χ4n) is 1.53. The summed E-state index contributed by atoms with van der Waals surface area (Å²) >= 11 is 0. The van der Waals surface area contributed by atoms with Crippen molar-refractivity contribution in [2.24, 2.45) is 0 Å². The first-order valence-corrected chi connectivity index (χ1v) is 5.41. The molecule has 2 aromatic carbocycles. The summed E-state index contributed by atoms with van der Waals surface area (Å²) in [6, 6.07) is 3.99. The highest BCUT2D eigenvalue weighted by Gasteiger charge is 2.29. The maximum Gasteiger partial charge on any atom is 0.261 e. The van der Waals surface area contributed by atoms with Gasteiger partial charge in [-0.2, -0.15) is 0 Å². The first kappa shape index (κ1) is 14.9. The Morgan fingerprint density at radius 2 is 1.14 bits per heavy atom. The van der Waals surface area contributed by atoms with Crippen LogP contribution in [0.25, 0.3) is 0 Å². The molecule has 2 nitrogen and oxygen atoms in total. The predicted molar refractivity (Wildman–Crippen MR) is 60.6 cm³/mol. The van der Waals surface area contributed by atoms with Gasteiger partial charge in [-0.1, -0.05) is 0 Å². The van der Waals surface area contributed by atoms with E-state index in [1.54, 1.807) is 0 Å². The largest absolute Gasteiger partial charge is 0.322 e. The van der Waals surface area contributed by atoms with Crippen LogP contribution in [0.3, 0.4) is 0 Å². The van der Waals surface area contributed by atoms with Crippen molar-refractivity contribution in [1.82, 2.24) is 0 Å². The van der Waals surface area contributed by atoms with Crippen molar-refractivity contribution in [1.29, 1.82) is 0 Å². The fraction of sp³-hybridized carbons (Fsp3) is 0. The monoisotopic (exact) mass is 305 g/mol. The molecule has 2 rings (SSSR count). The summed E-state index contributed by atoms with van der Waals surface area (Å²) in [4.78, 5) is 11.6. The van der Waals surface area contributed by atoms with Crippen molar-refractivity contribution < 1.29 is 31.1 Å². The molecule has 0 aliphatic carbocycles. The van der Waals surface area contributed by atoms with Crippen LogP contribution in [0.4, 0.5) is 32.0 Å². The van der Waals surface area contributed by atoms with Crippen LogP contribution in [0.2, 0.25) is 0 Å². The number of rotatable bonds is 2. The van der Waals surface area contributed by atoms with Crippen molar-refractivity contribution in [2.75, 3.05) is 5.32 Å². The number of carbonyl (C=O) groups is 1. The zero-order chi connectivity index (χ0) is 15.7. The lowest BCUT2D eigenvalue weighted by molar-refractivity contribution is 0.101. The van der Waals surface area contributed by atoms with Gasteiger partial charge in [0.15, 0.2) is 23.3 Å². The highest BCUT2D eigenvalue weighted by atomic mass is 19.2. The number of benzene rings is 2. The number of hydrogen-bond donors (Lipinski definition) is 1. The molecule has 0 heterocycles. The Hall–Kier alpha value is -2.51. The topological polar surface area (TPSA) is 29.1 Å². The van der Waals surface area contributed by atoms with Crippen molar-refractivity contribution in [3.8, 4) is 0 Å². The average molecular weight is 305 g/mol. The zero-order valence-electron chi connectivity index (χ0n) is 9.99. The van der Waals surface area contributed by atoms with Crippen molar-refractivity contribution >= 4 is 11.6 Å². The van der Waals surface area contributed by atoms with E-state index in [0.717, 1.165) is 24.3 Å². The first-order chi connectivity index (χ1) is 9.82. The fourth-order valence-corrected chi connectivity index (χ4v) is 1.53. The molecule has 0 bridgehead atoms. The Labute approximate surface area is 114 Å². The lowest BCUT2D eigenvalue weighted by atomic mass is 10.1. The summed E-state index contributed by atoms with van der Waals surface area (Å²) in [5.41, 5.74) is -1.69. The van der Waals surface area contributed by atoms with Crippen LogP contribution in [0.5, 0.6) is 0 Å². The molecule has 0 saturated heterocycles. The maximum absolute atomic E-state index is 13.4. The average Bonchev–Trinajstić information content (AvgIpc) is 2.46. The maximum atomic E-state index is 13.4. The second-order valence-corrected chi connectivity index (χ2v) is 3.91. The van der Waals surface area contributed by atoms with Crippen LogP contribution < -0.4 is 5.32 Å². The summed E-state index contributed by atoms with van der Waals surface area (Å²) in [6.45, 7) is 0. The third-order valence-electron chi connectivity index (χ3n) is 2.54. The molecule has 0 spiro atoms. The van der Waals surface area contributed by atoms with Crippen LogP contribution in [-0.2, 0) is 0 Å². The van der Waals surface area contributed by atoms with E-state index in [4.69, 9.17) is 0 Å². The zero-order valence-corrected chi connectivity index (χ0v) is 9.99. The van der Waals surface area contributed by atoms with Gasteiger partial charge < -0.3 is 5.32 Å². The molecular weight excluding hydrogens is 300 g/mol. The van der Waals surface area contributed by atoms with Crippen LogP contribution in [0.15, 0.2) is 24.3 Å². The van der Waals surface area contributed by atoms with Crippen LogP contribution in [-0.4, -0.2) is 5.91 Å². The lowest BCUT2D eigenvalue weighted by Crippen LogP contribution is -2.19. The minimum absolute atomic E-state index is 0.0784. The molecule has 0 atom stereocenters. The number of halogens is 6. The van der Waals surface area contributed by atoms with E-state index in [-0.39, 0.29) is 5.69 Å². The van der Waals surface area contributed by atoms with Gasteiger partial charge >= 0.3 is 0 Å². The summed E-state index contributed by atoms with van der Waals surface area (Å²) in [5.74, 6) is -13.5. The molecule has 0 unspecified atom stereocenters. The van der Waals surface area contributed by atoms with Gasteiger partial charge in [-0.3, -0.25) is 4.79 Å². The number of nitrogens with one attached hydrogen (secondary N) is 1. The number of anilines is 1. The first-order valence-electron chi connectivity index (χ1n) is 5.41. The summed E-state index contributed by atoms with van der Waals surface area (Å²) in [5, 5.41) is 1.90. The summed E-state index contributed by atoms with van der Waals surface area (Å²) < 4.78 is 78.2. The molecule has 0 saturated carbocycles. The normalized spacial score (nSPS) is 10.6. The molecule has 21 heavy (non-hydrogen) atoms. The smallest absolute Gasteiger partial charge is 0.261 e. The van der Waals surface area contributed by atoms with Crippen LogP contribution >= 0.6 is 0 Å². The molecule has 110 valence electrons. The van der Waals surface area contributed by atoms with E-state index in [1.165, 1.54) is 0 Å². The molecule has 0 aliphatic heterocycles. The van der Waals surface area contributed by atoms with Crippen molar-refractivity contribution in [2.45, 2.75) is 0 Å². The molecule has 2 aromatic rings. The van der Waals surface area contributed by atoms with E-state index >= 15 is 0 Å². The third-order valence-corrected chi connectivity index (χ3v) is 2.54. The number of hydrogen-bond acceptors (Lipinski definition) is 1. The Bertz CT molecular complexity index is 685. The van der Waals surface area contributed by atoms with Gasteiger partial charge in [-0.25, -0.2) is 26.3 Å². The van der Waals surface area contributed by atoms with Crippen LogP contribution in [0.1, 0.15) is 10.4 Å². The number of carbonyl (C=O) groups excluding carboxylic acids is 1. The van der Waals surface area contributed by atoms with E-state index in [1.807, 2.05) is 5.32 Å². The van der Waals surface area contributed by atoms with Gasteiger partial charge in [0.25, 0.3) is 5.91 Å². The van der Waals surface area contributed by atoms with Gasteiger partial charge in [0.1, 0.15) is 11.4 Å². The minimum atomic E-state index is -2.36. The van der Waals surface area contributed by atoms with E-state index in [9.17, 15) is 31.1 Å². The minimum Gasteiger partial charge on any atom is -0.322 e.